The molecule has 0 bridgehead atoms. The minimum atomic E-state index is 0.00928. The predicted molar refractivity (Wildman–Crippen MR) is 92.4 cm³/mol. The quantitative estimate of drug-likeness (QED) is 0.865. The number of carbonyl (C=O) groups excluding carboxylic acids is 1. The second-order valence-electron chi connectivity index (χ2n) is 5.61. The summed E-state index contributed by atoms with van der Waals surface area (Å²) in [7, 11) is 1.54. The van der Waals surface area contributed by atoms with Gasteiger partial charge in [0.05, 0.1) is 11.7 Å². The van der Waals surface area contributed by atoms with E-state index >= 15 is 0 Å². The van der Waals surface area contributed by atoms with Gasteiger partial charge in [-0.1, -0.05) is 24.3 Å². The molecule has 3 rings (SSSR count). The Morgan fingerprint density at radius 2 is 2.33 bits per heavy atom. The van der Waals surface area contributed by atoms with Gasteiger partial charge in [0, 0.05) is 13.7 Å². The van der Waals surface area contributed by atoms with E-state index in [0.717, 1.165) is 47.5 Å². The van der Waals surface area contributed by atoms with E-state index in [0.29, 0.717) is 0 Å². The second-order valence-corrected chi connectivity index (χ2v) is 6.67. The summed E-state index contributed by atoms with van der Waals surface area (Å²) in [6.45, 7) is 2.91. The first-order valence-corrected chi connectivity index (χ1v) is 8.87. The number of hydrogen-bond donors (Lipinski definition) is 1. The number of methoxy groups -OCH3 is 1. The minimum Gasteiger partial charge on any atom is -0.375 e. The molecule has 0 aliphatic carbocycles. The van der Waals surface area contributed by atoms with Gasteiger partial charge in [-0.05, 0) is 31.4 Å². The van der Waals surface area contributed by atoms with E-state index < -0.39 is 0 Å². The topological polar surface area (TPSA) is 80.2 Å². The molecular weight excluding hydrogens is 326 g/mol. The van der Waals surface area contributed by atoms with Crippen LogP contribution in [0.4, 0.5) is 10.9 Å². The van der Waals surface area contributed by atoms with Crippen LogP contribution in [0.15, 0.2) is 18.2 Å². The first-order valence-electron chi connectivity index (χ1n) is 8.06. The zero-order valence-electron chi connectivity index (χ0n) is 13.9. The van der Waals surface area contributed by atoms with Crippen molar-refractivity contribution in [1.82, 2.24) is 20.1 Å². The maximum Gasteiger partial charge on any atom is 0.249 e. The van der Waals surface area contributed by atoms with E-state index in [9.17, 15) is 4.79 Å². The van der Waals surface area contributed by atoms with Crippen molar-refractivity contribution in [2.24, 2.45) is 0 Å². The van der Waals surface area contributed by atoms with E-state index in [1.807, 2.05) is 23.1 Å². The van der Waals surface area contributed by atoms with Crippen LogP contribution in [0.1, 0.15) is 36.5 Å². The van der Waals surface area contributed by atoms with Gasteiger partial charge in [-0.25, -0.2) is 4.98 Å². The summed E-state index contributed by atoms with van der Waals surface area (Å²) in [5, 5.41) is 13.1. The molecule has 0 saturated carbocycles. The molecule has 128 valence electrons. The Morgan fingerprint density at radius 1 is 1.46 bits per heavy atom. The number of hydrogen-bond acceptors (Lipinski definition) is 7. The highest BCUT2D eigenvalue weighted by molar-refractivity contribution is 7.15. The smallest absolute Gasteiger partial charge is 0.249 e. The standard InChI is InChI=1S/C16H21N5O2S/c1-3-14-19-20-16(24-14)18-13-8-4-6-11(17-13)12-7-5-9-21(12)15(22)10-23-2/h4,6,8,12H,3,5,7,9-10H2,1-2H3,(H,17,18,20). The van der Waals surface area contributed by atoms with Crippen molar-refractivity contribution in [2.75, 3.05) is 25.6 Å². The third-order valence-electron chi connectivity index (χ3n) is 3.96. The third-order valence-corrected chi connectivity index (χ3v) is 4.94. The molecule has 24 heavy (non-hydrogen) atoms. The van der Waals surface area contributed by atoms with Gasteiger partial charge in [-0.2, -0.15) is 0 Å². The highest BCUT2D eigenvalue weighted by Crippen LogP contribution is 2.31. The van der Waals surface area contributed by atoms with E-state index in [1.54, 1.807) is 7.11 Å². The molecular formula is C16H21N5O2S. The van der Waals surface area contributed by atoms with Crippen molar-refractivity contribution < 1.29 is 9.53 Å². The van der Waals surface area contributed by atoms with Crippen LogP contribution in [-0.4, -0.2) is 46.2 Å². The van der Waals surface area contributed by atoms with Gasteiger partial charge in [-0.3, -0.25) is 4.79 Å². The molecule has 7 nitrogen and oxygen atoms in total. The van der Waals surface area contributed by atoms with Gasteiger partial charge >= 0.3 is 0 Å². The van der Waals surface area contributed by atoms with Crippen LogP contribution < -0.4 is 5.32 Å². The maximum absolute atomic E-state index is 12.2. The van der Waals surface area contributed by atoms with Crippen molar-refractivity contribution in [1.29, 1.82) is 0 Å². The highest BCUT2D eigenvalue weighted by Gasteiger charge is 2.30. The molecule has 1 saturated heterocycles. The van der Waals surface area contributed by atoms with Gasteiger partial charge < -0.3 is 15.0 Å². The molecule has 2 aromatic rings. The van der Waals surface area contributed by atoms with Gasteiger partial charge in [-0.15, -0.1) is 10.2 Å². The van der Waals surface area contributed by atoms with Gasteiger partial charge in [0.1, 0.15) is 17.4 Å². The van der Waals surface area contributed by atoms with Gasteiger partial charge in [0.25, 0.3) is 0 Å². The Bertz CT molecular complexity index is 705. The fraction of sp³-hybridized carbons (Fsp3) is 0.500. The van der Waals surface area contributed by atoms with Crippen LogP contribution in [0, 0.1) is 0 Å². The van der Waals surface area contributed by atoms with Gasteiger partial charge in [0.15, 0.2) is 0 Å². The normalized spacial score (nSPS) is 17.2. The fourth-order valence-electron chi connectivity index (χ4n) is 2.84. The molecule has 1 atom stereocenters. The van der Waals surface area contributed by atoms with Crippen molar-refractivity contribution in [3.63, 3.8) is 0 Å². The Labute approximate surface area is 145 Å². The van der Waals surface area contributed by atoms with Crippen LogP contribution in [0.5, 0.6) is 0 Å². The lowest BCUT2D eigenvalue weighted by Gasteiger charge is -2.24. The maximum atomic E-state index is 12.2. The Kier molecular flexibility index (Phi) is 5.37. The third kappa shape index (κ3) is 3.70. The number of pyridine rings is 1. The summed E-state index contributed by atoms with van der Waals surface area (Å²) in [4.78, 5) is 18.7. The molecule has 0 spiro atoms. The number of aromatic nitrogens is 3. The Balaban J connectivity index is 1.75. The Hall–Kier alpha value is -2.06. The average Bonchev–Trinajstić information content (AvgIpc) is 3.24. The largest absolute Gasteiger partial charge is 0.375 e. The number of nitrogens with zero attached hydrogens (tertiary/aromatic N) is 4. The van der Waals surface area contributed by atoms with Gasteiger partial charge in [0.2, 0.25) is 11.0 Å². The Morgan fingerprint density at radius 3 is 3.08 bits per heavy atom. The van der Waals surface area contributed by atoms with Crippen LogP contribution in [0.25, 0.3) is 0 Å². The first-order chi connectivity index (χ1) is 11.7. The first kappa shape index (κ1) is 16.8. The van der Waals surface area contributed by atoms with Crippen LogP contribution in [0.2, 0.25) is 0 Å². The lowest BCUT2D eigenvalue weighted by Crippen LogP contribution is -2.33. The summed E-state index contributed by atoms with van der Waals surface area (Å²) < 4.78 is 4.98. The molecule has 1 aliphatic heterocycles. The monoisotopic (exact) mass is 347 g/mol. The average molecular weight is 347 g/mol. The second kappa shape index (κ2) is 7.67. The molecule has 3 heterocycles. The molecule has 1 unspecified atom stereocenters. The molecule has 8 heteroatoms. The van der Waals surface area contributed by atoms with Crippen molar-refractivity contribution in [3.05, 3.63) is 28.9 Å². The number of carbonyl (C=O) groups is 1. The van der Waals surface area contributed by atoms with E-state index in [-0.39, 0.29) is 18.6 Å². The zero-order chi connectivity index (χ0) is 16.9. The summed E-state index contributed by atoms with van der Waals surface area (Å²) in [6, 6.07) is 5.82. The van der Waals surface area contributed by atoms with Crippen LogP contribution in [0.3, 0.4) is 0 Å². The van der Waals surface area contributed by atoms with Crippen LogP contribution in [-0.2, 0) is 16.0 Å². The summed E-state index contributed by atoms with van der Waals surface area (Å²) in [5.41, 5.74) is 0.891. The summed E-state index contributed by atoms with van der Waals surface area (Å²) >= 11 is 1.52. The molecule has 2 aromatic heterocycles. The molecule has 0 aromatic carbocycles. The van der Waals surface area contributed by atoms with E-state index in [4.69, 9.17) is 4.74 Å². The van der Waals surface area contributed by atoms with Crippen molar-refractivity contribution in [2.45, 2.75) is 32.2 Å². The lowest BCUT2D eigenvalue weighted by atomic mass is 10.1. The van der Waals surface area contributed by atoms with E-state index in [2.05, 4.69) is 27.4 Å². The summed E-state index contributed by atoms with van der Waals surface area (Å²) in [6.07, 6.45) is 2.77. The van der Waals surface area contributed by atoms with Crippen molar-refractivity contribution in [3.8, 4) is 0 Å². The molecule has 1 fully saturated rings. The SMILES string of the molecule is CCc1nnc(Nc2cccc(C3CCCN3C(=O)COC)n2)s1. The fourth-order valence-corrected chi connectivity index (χ4v) is 3.53. The minimum absolute atomic E-state index is 0.00928. The number of ether oxygens (including phenoxy) is 1. The number of likely N-dealkylation sites (tertiary alicyclic amines) is 1. The molecule has 0 radical (unpaired) electrons. The zero-order valence-corrected chi connectivity index (χ0v) is 14.7. The van der Waals surface area contributed by atoms with Crippen LogP contribution >= 0.6 is 11.3 Å². The molecule has 1 aliphatic rings. The molecule has 1 amide bonds. The van der Waals surface area contributed by atoms with E-state index in [1.165, 1.54) is 11.3 Å². The number of nitrogens with one attached hydrogen (secondary N) is 1. The number of rotatable bonds is 6. The highest BCUT2D eigenvalue weighted by atomic mass is 32.1. The number of aryl methyl sites for hydroxylation is 1. The number of anilines is 2. The number of amides is 1. The molecule has 1 N–H and O–H groups in total. The lowest BCUT2D eigenvalue weighted by molar-refractivity contribution is -0.136. The summed E-state index contributed by atoms with van der Waals surface area (Å²) in [5.74, 6) is 0.731. The van der Waals surface area contributed by atoms with Crippen molar-refractivity contribution >= 4 is 28.2 Å². The predicted octanol–water partition coefficient (Wildman–Crippen LogP) is 2.55.